The van der Waals surface area contributed by atoms with Gasteiger partial charge in [-0.1, -0.05) is 30.3 Å². The van der Waals surface area contributed by atoms with Gasteiger partial charge in [0.2, 0.25) is 5.91 Å². The standard InChI is InChI=1S/C18H21N3O3S/c22-18(9-6-14-4-2-1-3-5-14)21-15-7-8-17(19-12-15)20-16-10-11-25(23,24)13-16/h1-5,7-8,12,16H,6,9-11,13H2,(H,19,20)(H,21,22). The van der Waals surface area contributed by atoms with Crippen molar-refractivity contribution < 1.29 is 13.2 Å². The molecule has 25 heavy (non-hydrogen) atoms. The fourth-order valence-corrected chi connectivity index (χ4v) is 4.47. The van der Waals surface area contributed by atoms with E-state index in [4.69, 9.17) is 0 Å². The molecule has 6 nitrogen and oxygen atoms in total. The van der Waals surface area contributed by atoms with Gasteiger partial charge in [-0.3, -0.25) is 4.79 Å². The number of sulfone groups is 1. The Morgan fingerprint density at radius 2 is 1.96 bits per heavy atom. The van der Waals surface area contributed by atoms with Crippen molar-refractivity contribution in [3.8, 4) is 0 Å². The van der Waals surface area contributed by atoms with E-state index in [1.54, 1.807) is 18.3 Å². The van der Waals surface area contributed by atoms with Crippen LogP contribution in [0.1, 0.15) is 18.4 Å². The topological polar surface area (TPSA) is 88.2 Å². The minimum Gasteiger partial charge on any atom is -0.366 e. The number of aromatic nitrogens is 1. The summed E-state index contributed by atoms with van der Waals surface area (Å²) in [5, 5.41) is 5.94. The van der Waals surface area contributed by atoms with Gasteiger partial charge in [0.25, 0.3) is 0 Å². The first kappa shape index (κ1) is 17.4. The van der Waals surface area contributed by atoms with Gasteiger partial charge in [-0.2, -0.15) is 0 Å². The number of nitrogens with one attached hydrogen (secondary N) is 2. The minimum absolute atomic E-state index is 0.0618. The van der Waals surface area contributed by atoms with Gasteiger partial charge in [-0.05, 0) is 30.5 Å². The lowest BCUT2D eigenvalue weighted by Gasteiger charge is -2.12. The van der Waals surface area contributed by atoms with Crippen LogP contribution in [0, 0.1) is 0 Å². The SMILES string of the molecule is O=C(CCc1ccccc1)Nc1ccc(NC2CCS(=O)(=O)C2)nc1. The maximum atomic E-state index is 12.0. The van der Waals surface area contributed by atoms with E-state index in [0.29, 0.717) is 30.8 Å². The highest BCUT2D eigenvalue weighted by Gasteiger charge is 2.27. The number of anilines is 2. The third-order valence-electron chi connectivity index (χ3n) is 4.12. The minimum atomic E-state index is -2.92. The zero-order chi connectivity index (χ0) is 17.7. The van der Waals surface area contributed by atoms with Crippen LogP contribution in [0.4, 0.5) is 11.5 Å². The molecule has 1 unspecified atom stereocenters. The predicted octanol–water partition coefficient (Wildman–Crippen LogP) is 2.25. The number of benzene rings is 1. The van der Waals surface area contributed by atoms with E-state index in [9.17, 15) is 13.2 Å². The first-order chi connectivity index (χ1) is 12.0. The van der Waals surface area contributed by atoms with Gasteiger partial charge in [0.1, 0.15) is 5.82 Å². The largest absolute Gasteiger partial charge is 0.366 e. The third kappa shape index (κ3) is 5.29. The molecule has 1 fully saturated rings. The molecule has 1 aliphatic rings. The molecule has 0 saturated carbocycles. The summed E-state index contributed by atoms with van der Waals surface area (Å²) in [5.74, 6) is 0.921. The number of aryl methyl sites for hydroxylation is 1. The molecular weight excluding hydrogens is 338 g/mol. The Hall–Kier alpha value is -2.41. The number of carbonyl (C=O) groups is 1. The average Bonchev–Trinajstić information content (AvgIpc) is 2.94. The predicted molar refractivity (Wildman–Crippen MR) is 98.3 cm³/mol. The van der Waals surface area contributed by atoms with Crippen molar-refractivity contribution in [2.75, 3.05) is 22.1 Å². The number of nitrogens with zero attached hydrogens (tertiary/aromatic N) is 1. The summed E-state index contributed by atoms with van der Waals surface area (Å²) in [6.45, 7) is 0. The molecule has 3 rings (SSSR count). The van der Waals surface area contributed by atoms with Crippen molar-refractivity contribution in [1.82, 2.24) is 4.98 Å². The van der Waals surface area contributed by atoms with Crippen LogP contribution in [0.15, 0.2) is 48.7 Å². The van der Waals surface area contributed by atoms with E-state index in [2.05, 4.69) is 15.6 Å². The van der Waals surface area contributed by atoms with Crippen LogP contribution in [-0.4, -0.2) is 36.9 Å². The molecule has 7 heteroatoms. The fourth-order valence-electron chi connectivity index (χ4n) is 2.80. The highest BCUT2D eigenvalue weighted by molar-refractivity contribution is 7.91. The number of amides is 1. The van der Waals surface area contributed by atoms with Crippen LogP contribution < -0.4 is 10.6 Å². The fraction of sp³-hybridized carbons (Fsp3) is 0.333. The second-order valence-corrected chi connectivity index (χ2v) is 8.44. The Morgan fingerprint density at radius 3 is 2.60 bits per heavy atom. The Bertz CT molecular complexity index is 820. The Kier molecular flexibility index (Phi) is 5.33. The summed E-state index contributed by atoms with van der Waals surface area (Å²) in [5.41, 5.74) is 1.75. The van der Waals surface area contributed by atoms with Crippen LogP contribution in [-0.2, 0) is 21.1 Å². The van der Waals surface area contributed by atoms with Crippen molar-refractivity contribution in [3.05, 3.63) is 54.2 Å². The molecule has 1 amide bonds. The van der Waals surface area contributed by atoms with E-state index in [1.807, 2.05) is 30.3 Å². The highest BCUT2D eigenvalue weighted by atomic mass is 32.2. The molecule has 1 aromatic heterocycles. The summed E-state index contributed by atoms with van der Waals surface area (Å²) < 4.78 is 22.9. The second-order valence-electron chi connectivity index (χ2n) is 6.21. The van der Waals surface area contributed by atoms with Crippen molar-refractivity contribution in [3.63, 3.8) is 0 Å². The number of hydrogen-bond acceptors (Lipinski definition) is 5. The molecule has 1 aliphatic heterocycles. The summed E-state index contributed by atoms with van der Waals surface area (Å²) in [4.78, 5) is 16.2. The molecule has 1 atom stereocenters. The quantitative estimate of drug-likeness (QED) is 0.826. The molecule has 0 radical (unpaired) electrons. The average molecular weight is 359 g/mol. The number of pyridine rings is 1. The van der Waals surface area contributed by atoms with Crippen molar-refractivity contribution in [2.45, 2.75) is 25.3 Å². The first-order valence-electron chi connectivity index (χ1n) is 8.27. The number of carbonyl (C=O) groups excluding carboxylic acids is 1. The van der Waals surface area contributed by atoms with Crippen LogP contribution in [0.3, 0.4) is 0 Å². The summed E-state index contributed by atoms with van der Waals surface area (Å²) >= 11 is 0. The number of rotatable bonds is 6. The Balaban J connectivity index is 1.48. The van der Waals surface area contributed by atoms with Crippen LogP contribution in [0.2, 0.25) is 0 Å². The van der Waals surface area contributed by atoms with Crippen molar-refractivity contribution in [2.24, 2.45) is 0 Å². The third-order valence-corrected chi connectivity index (χ3v) is 5.88. The molecule has 0 aliphatic carbocycles. The van der Waals surface area contributed by atoms with Crippen molar-refractivity contribution >= 4 is 27.2 Å². The van der Waals surface area contributed by atoms with E-state index < -0.39 is 9.84 Å². The maximum absolute atomic E-state index is 12.0. The van der Waals surface area contributed by atoms with Gasteiger partial charge < -0.3 is 10.6 Å². The van der Waals surface area contributed by atoms with E-state index >= 15 is 0 Å². The molecule has 132 valence electrons. The normalized spacial score (nSPS) is 18.6. The lowest BCUT2D eigenvalue weighted by atomic mass is 10.1. The lowest BCUT2D eigenvalue weighted by molar-refractivity contribution is -0.116. The van der Waals surface area contributed by atoms with E-state index in [1.165, 1.54) is 0 Å². The summed E-state index contributed by atoms with van der Waals surface area (Å²) in [6.07, 6.45) is 3.27. The molecule has 0 bridgehead atoms. The molecule has 1 saturated heterocycles. The molecule has 0 spiro atoms. The summed E-state index contributed by atoms with van der Waals surface area (Å²) in [6, 6.07) is 13.3. The summed E-state index contributed by atoms with van der Waals surface area (Å²) in [7, 11) is -2.92. The zero-order valence-electron chi connectivity index (χ0n) is 13.8. The van der Waals surface area contributed by atoms with Crippen molar-refractivity contribution in [1.29, 1.82) is 0 Å². The van der Waals surface area contributed by atoms with Crippen LogP contribution in [0.5, 0.6) is 0 Å². The smallest absolute Gasteiger partial charge is 0.224 e. The van der Waals surface area contributed by atoms with Crippen LogP contribution >= 0.6 is 0 Å². The van der Waals surface area contributed by atoms with Gasteiger partial charge in [0, 0.05) is 12.5 Å². The first-order valence-corrected chi connectivity index (χ1v) is 10.1. The highest BCUT2D eigenvalue weighted by Crippen LogP contribution is 2.17. The zero-order valence-corrected chi connectivity index (χ0v) is 14.6. The second kappa shape index (κ2) is 7.65. The molecule has 2 N–H and O–H groups in total. The van der Waals surface area contributed by atoms with Gasteiger partial charge in [-0.15, -0.1) is 0 Å². The van der Waals surface area contributed by atoms with Gasteiger partial charge in [0.05, 0.1) is 23.4 Å². The maximum Gasteiger partial charge on any atom is 0.224 e. The molecule has 2 heterocycles. The molecule has 1 aromatic carbocycles. The van der Waals surface area contributed by atoms with Gasteiger partial charge in [0.15, 0.2) is 9.84 Å². The van der Waals surface area contributed by atoms with Gasteiger partial charge >= 0.3 is 0 Å². The monoisotopic (exact) mass is 359 g/mol. The van der Waals surface area contributed by atoms with E-state index in [-0.39, 0.29) is 23.5 Å². The van der Waals surface area contributed by atoms with Crippen LogP contribution in [0.25, 0.3) is 0 Å². The molecule has 2 aromatic rings. The lowest BCUT2D eigenvalue weighted by Crippen LogP contribution is -2.21. The van der Waals surface area contributed by atoms with E-state index in [0.717, 1.165) is 5.56 Å². The Morgan fingerprint density at radius 1 is 1.16 bits per heavy atom. The Labute approximate surface area is 147 Å². The number of hydrogen-bond donors (Lipinski definition) is 2. The molecular formula is C18H21N3O3S. The van der Waals surface area contributed by atoms with Gasteiger partial charge in [-0.25, -0.2) is 13.4 Å².